The highest BCUT2D eigenvalue weighted by Crippen LogP contribution is 2.18. The van der Waals surface area contributed by atoms with E-state index >= 15 is 0 Å². The summed E-state index contributed by atoms with van der Waals surface area (Å²) in [6.45, 7) is 13.2. The summed E-state index contributed by atoms with van der Waals surface area (Å²) < 4.78 is 5.59. The van der Waals surface area contributed by atoms with Gasteiger partial charge in [0.15, 0.2) is 0 Å². The summed E-state index contributed by atoms with van der Waals surface area (Å²) in [4.78, 5) is 4.88. The molecule has 1 heterocycles. The molecule has 120 valence electrons. The van der Waals surface area contributed by atoms with E-state index in [1.165, 1.54) is 12.8 Å². The Balaban J connectivity index is 2.55. The van der Waals surface area contributed by atoms with Crippen LogP contribution in [0.2, 0.25) is 0 Å². The second-order valence-corrected chi connectivity index (χ2v) is 6.38. The molecule has 4 heteroatoms. The molecule has 0 bridgehead atoms. The summed E-state index contributed by atoms with van der Waals surface area (Å²) in [5.41, 5.74) is 0. The molecule has 4 nitrogen and oxygen atoms in total. The molecule has 0 saturated carbocycles. The van der Waals surface area contributed by atoms with Gasteiger partial charge in [0.25, 0.3) is 0 Å². The fourth-order valence-electron chi connectivity index (χ4n) is 3.10. The molecule has 20 heavy (non-hydrogen) atoms. The van der Waals surface area contributed by atoms with Crippen molar-refractivity contribution in [2.45, 2.75) is 45.7 Å². The van der Waals surface area contributed by atoms with Crippen molar-refractivity contribution in [2.75, 3.05) is 53.5 Å². The zero-order chi connectivity index (χ0) is 15.0. The zero-order valence-corrected chi connectivity index (χ0v) is 14.2. The van der Waals surface area contributed by atoms with Crippen LogP contribution in [-0.4, -0.2) is 75.4 Å². The van der Waals surface area contributed by atoms with Gasteiger partial charge in [-0.05, 0) is 47.0 Å². The van der Waals surface area contributed by atoms with Gasteiger partial charge in [0.05, 0.1) is 6.61 Å². The molecule has 0 aromatic heterocycles. The van der Waals surface area contributed by atoms with Crippen LogP contribution in [0.3, 0.4) is 0 Å². The molecule has 1 N–H and O–H groups in total. The molecule has 3 unspecified atom stereocenters. The molecular weight excluding hydrogens is 250 g/mol. The van der Waals surface area contributed by atoms with Crippen LogP contribution < -0.4 is 5.32 Å². The Labute approximate surface area is 125 Å². The van der Waals surface area contributed by atoms with Crippen molar-refractivity contribution in [1.29, 1.82) is 0 Å². The maximum atomic E-state index is 5.59. The number of rotatable bonds is 10. The number of ether oxygens (including phenoxy) is 1. The van der Waals surface area contributed by atoms with E-state index in [0.29, 0.717) is 18.0 Å². The zero-order valence-electron chi connectivity index (χ0n) is 14.2. The fourth-order valence-corrected chi connectivity index (χ4v) is 3.10. The minimum atomic E-state index is 0.571. The highest BCUT2D eigenvalue weighted by molar-refractivity contribution is 4.84. The first-order valence-corrected chi connectivity index (χ1v) is 8.28. The summed E-state index contributed by atoms with van der Waals surface area (Å²) in [6, 6.07) is 1.17. The molecule has 3 atom stereocenters. The van der Waals surface area contributed by atoms with E-state index in [1.54, 1.807) is 0 Å². The first-order chi connectivity index (χ1) is 9.58. The van der Waals surface area contributed by atoms with Crippen LogP contribution in [0.25, 0.3) is 0 Å². The topological polar surface area (TPSA) is 27.7 Å². The molecule has 1 saturated heterocycles. The average Bonchev–Trinajstić information content (AvgIpc) is 2.92. The van der Waals surface area contributed by atoms with Gasteiger partial charge in [0, 0.05) is 37.7 Å². The van der Waals surface area contributed by atoms with E-state index in [-0.39, 0.29) is 0 Å². The largest absolute Gasteiger partial charge is 0.381 e. The van der Waals surface area contributed by atoms with E-state index in [1.807, 2.05) is 0 Å². The number of likely N-dealkylation sites (N-methyl/N-ethyl adjacent to an activating group) is 2. The maximum absolute atomic E-state index is 5.59. The van der Waals surface area contributed by atoms with E-state index in [9.17, 15) is 0 Å². The molecule has 0 aromatic rings. The third kappa shape index (κ3) is 6.08. The monoisotopic (exact) mass is 285 g/mol. The van der Waals surface area contributed by atoms with E-state index < -0.39 is 0 Å². The van der Waals surface area contributed by atoms with Gasteiger partial charge in [0.1, 0.15) is 0 Å². The molecule has 0 aliphatic carbocycles. The molecule has 1 aliphatic heterocycles. The van der Waals surface area contributed by atoms with Crippen LogP contribution in [-0.2, 0) is 4.74 Å². The Kier molecular flexibility index (Phi) is 8.69. The highest BCUT2D eigenvalue weighted by Gasteiger charge is 2.28. The number of nitrogens with one attached hydrogen (secondary N) is 1. The Bertz CT molecular complexity index is 242. The summed E-state index contributed by atoms with van der Waals surface area (Å²) in [6.07, 6.45) is 2.41. The van der Waals surface area contributed by atoms with Gasteiger partial charge in [-0.2, -0.15) is 0 Å². The van der Waals surface area contributed by atoms with Gasteiger partial charge in [-0.25, -0.2) is 0 Å². The second-order valence-electron chi connectivity index (χ2n) is 6.38. The second kappa shape index (κ2) is 9.72. The summed E-state index contributed by atoms with van der Waals surface area (Å²) in [5.74, 6) is 0.683. The predicted octanol–water partition coefficient (Wildman–Crippen LogP) is 1.66. The van der Waals surface area contributed by atoms with Crippen LogP contribution in [0.5, 0.6) is 0 Å². The lowest BCUT2D eigenvalue weighted by molar-refractivity contribution is 0.134. The molecule has 0 radical (unpaired) electrons. The SMILES string of the molecule is CCCNC(CN(CC)C(C)CN(C)C)C1CCOC1. The Morgan fingerprint density at radius 3 is 2.50 bits per heavy atom. The van der Waals surface area contributed by atoms with Crippen LogP contribution in [0.15, 0.2) is 0 Å². The lowest BCUT2D eigenvalue weighted by atomic mass is 9.97. The average molecular weight is 285 g/mol. The Morgan fingerprint density at radius 1 is 1.25 bits per heavy atom. The van der Waals surface area contributed by atoms with Crippen molar-refractivity contribution in [2.24, 2.45) is 5.92 Å². The standard InChI is InChI=1S/C16H35N3O/c1-6-9-17-16(15-8-10-20-13-15)12-19(7-2)14(3)11-18(4)5/h14-17H,6-13H2,1-5H3. The van der Waals surface area contributed by atoms with Crippen molar-refractivity contribution in [3.63, 3.8) is 0 Å². The molecule has 1 aliphatic rings. The number of nitrogens with zero attached hydrogens (tertiary/aromatic N) is 2. The molecule has 0 aromatic carbocycles. The van der Waals surface area contributed by atoms with Crippen molar-refractivity contribution < 1.29 is 4.74 Å². The third-order valence-corrected chi connectivity index (χ3v) is 4.28. The Hall–Kier alpha value is -0.160. The van der Waals surface area contributed by atoms with Crippen LogP contribution in [0, 0.1) is 5.92 Å². The van der Waals surface area contributed by atoms with Crippen LogP contribution in [0.1, 0.15) is 33.6 Å². The van der Waals surface area contributed by atoms with Gasteiger partial charge in [0.2, 0.25) is 0 Å². The summed E-state index contributed by atoms with van der Waals surface area (Å²) in [5, 5.41) is 3.75. The van der Waals surface area contributed by atoms with Gasteiger partial charge in [-0.3, -0.25) is 4.90 Å². The first-order valence-electron chi connectivity index (χ1n) is 8.28. The summed E-state index contributed by atoms with van der Waals surface area (Å²) in [7, 11) is 4.31. The smallest absolute Gasteiger partial charge is 0.0510 e. The fraction of sp³-hybridized carbons (Fsp3) is 1.00. The van der Waals surface area contributed by atoms with Crippen LogP contribution in [0.4, 0.5) is 0 Å². The van der Waals surface area contributed by atoms with E-state index in [2.05, 4.69) is 50.0 Å². The molecule has 0 amide bonds. The van der Waals surface area contributed by atoms with Gasteiger partial charge in [-0.1, -0.05) is 13.8 Å². The molecule has 1 fully saturated rings. The minimum Gasteiger partial charge on any atom is -0.381 e. The Morgan fingerprint density at radius 2 is 2.00 bits per heavy atom. The molecular formula is C16H35N3O. The lowest BCUT2D eigenvalue weighted by Crippen LogP contribution is -2.50. The lowest BCUT2D eigenvalue weighted by Gasteiger charge is -2.35. The maximum Gasteiger partial charge on any atom is 0.0510 e. The minimum absolute atomic E-state index is 0.571. The number of hydrogen-bond acceptors (Lipinski definition) is 4. The van der Waals surface area contributed by atoms with Gasteiger partial charge >= 0.3 is 0 Å². The molecule has 1 rings (SSSR count). The first kappa shape index (κ1) is 17.9. The van der Waals surface area contributed by atoms with Gasteiger partial charge < -0.3 is 15.0 Å². The normalized spacial score (nSPS) is 22.6. The van der Waals surface area contributed by atoms with Crippen molar-refractivity contribution >= 4 is 0 Å². The predicted molar refractivity (Wildman–Crippen MR) is 86.3 cm³/mol. The molecule has 0 spiro atoms. The van der Waals surface area contributed by atoms with E-state index in [0.717, 1.165) is 39.4 Å². The number of hydrogen-bond donors (Lipinski definition) is 1. The third-order valence-electron chi connectivity index (χ3n) is 4.28. The van der Waals surface area contributed by atoms with Gasteiger partial charge in [-0.15, -0.1) is 0 Å². The quantitative estimate of drug-likeness (QED) is 0.661. The van der Waals surface area contributed by atoms with Crippen molar-refractivity contribution in [3.05, 3.63) is 0 Å². The summed E-state index contributed by atoms with van der Waals surface area (Å²) >= 11 is 0. The van der Waals surface area contributed by atoms with E-state index in [4.69, 9.17) is 4.74 Å². The van der Waals surface area contributed by atoms with Crippen LogP contribution >= 0.6 is 0 Å². The highest BCUT2D eigenvalue weighted by atomic mass is 16.5. The van der Waals surface area contributed by atoms with Crippen molar-refractivity contribution in [1.82, 2.24) is 15.1 Å². The van der Waals surface area contributed by atoms with Crippen molar-refractivity contribution in [3.8, 4) is 0 Å².